The van der Waals surface area contributed by atoms with Crippen LogP contribution in [-0.2, 0) is 11.3 Å². The van der Waals surface area contributed by atoms with Gasteiger partial charge < -0.3 is 19.0 Å². The summed E-state index contributed by atoms with van der Waals surface area (Å²) in [5.41, 5.74) is 2.02. The van der Waals surface area contributed by atoms with Crippen LogP contribution in [0.15, 0.2) is 18.2 Å². The van der Waals surface area contributed by atoms with Gasteiger partial charge in [-0.2, -0.15) is 0 Å². The molecule has 1 aromatic heterocycles. The highest BCUT2D eigenvalue weighted by Crippen LogP contribution is 2.25. The molecule has 5 heteroatoms. The van der Waals surface area contributed by atoms with Gasteiger partial charge in [-0.1, -0.05) is 13.0 Å². The number of ether oxygens (including phenoxy) is 2. The smallest absolute Gasteiger partial charge is 0.178 e. The van der Waals surface area contributed by atoms with E-state index in [4.69, 9.17) is 21.7 Å². The Hall–Kier alpha value is -1.33. The molecule has 18 heavy (non-hydrogen) atoms. The quantitative estimate of drug-likeness (QED) is 0.846. The molecule has 0 amide bonds. The van der Waals surface area contributed by atoms with E-state index in [1.165, 1.54) is 0 Å². The van der Waals surface area contributed by atoms with Crippen molar-refractivity contribution < 1.29 is 9.47 Å². The number of fused-ring (bicyclic) bond motifs is 1. The van der Waals surface area contributed by atoms with Crippen LogP contribution in [0.2, 0.25) is 0 Å². The monoisotopic (exact) mass is 266 g/mol. The van der Waals surface area contributed by atoms with Gasteiger partial charge in [0.05, 0.1) is 19.2 Å². The number of hydrogen-bond donors (Lipinski definition) is 1. The summed E-state index contributed by atoms with van der Waals surface area (Å²) in [6.45, 7) is 3.70. The first-order valence-corrected chi connectivity index (χ1v) is 6.32. The molecule has 98 valence electrons. The molecule has 4 nitrogen and oxygen atoms in total. The Bertz CT molecular complexity index is 588. The van der Waals surface area contributed by atoms with Gasteiger partial charge in [-0.15, -0.1) is 0 Å². The molecule has 1 N–H and O–H groups in total. The first-order chi connectivity index (χ1) is 8.67. The number of hydrogen-bond acceptors (Lipinski definition) is 3. The number of imidazole rings is 1. The predicted molar refractivity (Wildman–Crippen MR) is 74.7 cm³/mol. The third-order valence-electron chi connectivity index (χ3n) is 2.94. The zero-order valence-electron chi connectivity index (χ0n) is 10.9. The van der Waals surface area contributed by atoms with E-state index in [-0.39, 0.29) is 0 Å². The maximum atomic E-state index is 5.37. The maximum absolute atomic E-state index is 5.37. The third kappa shape index (κ3) is 2.42. The first kappa shape index (κ1) is 13.1. The summed E-state index contributed by atoms with van der Waals surface area (Å²) in [6, 6.07) is 5.95. The average Bonchev–Trinajstić information content (AvgIpc) is 2.66. The molecule has 0 saturated carbocycles. The van der Waals surface area contributed by atoms with Crippen molar-refractivity contribution in [1.29, 1.82) is 0 Å². The van der Waals surface area contributed by atoms with Gasteiger partial charge in [0, 0.05) is 13.7 Å². The van der Waals surface area contributed by atoms with E-state index in [0.717, 1.165) is 34.7 Å². The van der Waals surface area contributed by atoms with Gasteiger partial charge in [-0.3, -0.25) is 0 Å². The van der Waals surface area contributed by atoms with Crippen molar-refractivity contribution in [2.24, 2.45) is 5.92 Å². The molecule has 1 unspecified atom stereocenters. The van der Waals surface area contributed by atoms with Crippen molar-refractivity contribution in [3.63, 3.8) is 0 Å². The van der Waals surface area contributed by atoms with Crippen molar-refractivity contribution in [2.45, 2.75) is 13.5 Å². The SMILES string of the molecule is COCC(C)Cn1c(=S)[nH]c2c(OC)cccc21. The molecule has 2 aromatic rings. The van der Waals surface area contributed by atoms with Gasteiger partial charge in [0.25, 0.3) is 0 Å². The molecule has 0 aliphatic rings. The topological polar surface area (TPSA) is 39.2 Å². The van der Waals surface area contributed by atoms with Gasteiger partial charge in [-0.25, -0.2) is 0 Å². The minimum atomic E-state index is 0.409. The zero-order valence-corrected chi connectivity index (χ0v) is 11.7. The molecule has 2 rings (SSSR count). The Morgan fingerprint density at radius 3 is 2.83 bits per heavy atom. The molecular weight excluding hydrogens is 248 g/mol. The number of aromatic nitrogens is 2. The minimum absolute atomic E-state index is 0.409. The number of para-hydroxylation sites is 1. The van der Waals surface area contributed by atoms with Crippen LogP contribution >= 0.6 is 12.2 Å². The molecular formula is C13H18N2O2S. The molecule has 0 aliphatic carbocycles. The van der Waals surface area contributed by atoms with E-state index in [2.05, 4.69) is 16.5 Å². The Kier molecular flexibility index (Phi) is 4.04. The van der Waals surface area contributed by atoms with Crippen molar-refractivity contribution in [1.82, 2.24) is 9.55 Å². The Morgan fingerprint density at radius 2 is 2.17 bits per heavy atom. The van der Waals surface area contributed by atoms with E-state index < -0.39 is 0 Å². The summed E-state index contributed by atoms with van der Waals surface area (Å²) in [5, 5.41) is 0. The second-order valence-electron chi connectivity index (χ2n) is 4.46. The molecule has 0 aliphatic heterocycles. The summed E-state index contributed by atoms with van der Waals surface area (Å²) >= 11 is 5.37. The van der Waals surface area contributed by atoms with Gasteiger partial charge in [-0.05, 0) is 30.3 Å². The van der Waals surface area contributed by atoms with Crippen LogP contribution < -0.4 is 4.74 Å². The fourth-order valence-corrected chi connectivity index (χ4v) is 2.43. The van der Waals surface area contributed by atoms with E-state index in [9.17, 15) is 0 Å². The number of rotatable bonds is 5. The largest absolute Gasteiger partial charge is 0.494 e. The summed E-state index contributed by atoms with van der Waals surface area (Å²) < 4.78 is 13.3. The molecule has 1 aromatic carbocycles. The predicted octanol–water partition coefficient (Wildman–Crippen LogP) is 2.99. The van der Waals surface area contributed by atoms with Gasteiger partial charge in [0.15, 0.2) is 4.77 Å². The molecule has 0 saturated heterocycles. The number of nitrogens with one attached hydrogen (secondary N) is 1. The van der Waals surface area contributed by atoms with Gasteiger partial charge in [0.2, 0.25) is 0 Å². The van der Waals surface area contributed by atoms with E-state index in [0.29, 0.717) is 5.92 Å². The highest BCUT2D eigenvalue weighted by atomic mass is 32.1. The highest BCUT2D eigenvalue weighted by Gasteiger charge is 2.11. The Labute approximate surface area is 112 Å². The molecule has 0 bridgehead atoms. The zero-order chi connectivity index (χ0) is 13.1. The summed E-state index contributed by atoms with van der Waals surface area (Å²) in [4.78, 5) is 3.21. The fourth-order valence-electron chi connectivity index (χ4n) is 2.15. The molecule has 0 fully saturated rings. The van der Waals surface area contributed by atoms with E-state index in [1.807, 2.05) is 18.2 Å². The fraction of sp³-hybridized carbons (Fsp3) is 0.462. The lowest BCUT2D eigenvalue weighted by molar-refractivity contribution is 0.152. The summed E-state index contributed by atoms with van der Waals surface area (Å²) in [6.07, 6.45) is 0. The van der Waals surface area contributed by atoms with Crippen molar-refractivity contribution in [3.05, 3.63) is 23.0 Å². The molecule has 0 radical (unpaired) electrons. The lowest BCUT2D eigenvalue weighted by Gasteiger charge is -2.12. The Balaban J connectivity index is 2.45. The van der Waals surface area contributed by atoms with Crippen LogP contribution in [0.4, 0.5) is 0 Å². The third-order valence-corrected chi connectivity index (χ3v) is 3.26. The minimum Gasteiger partial charge on any atom is -0.494 e. The van der Waals surface area contributed by atoms with Crippen molar-refractivity contribution in [2.75, 3.05) is 20.8 Å². The standard InChI is InChI=1S/C13H18N2O2S/c1-9(8-16-2)7-15-10-5-4-6-11(17-3)12(10)14-13(15)18/h4-6,9H,7-8H2,1-3H3,(H,14,18). The normalized spacial score (nSPS) is 12.8. The van der Waals surface area contributed by atoms with Crippen LogP contribution in [0.3, 0.4) is 0 Å². The summed E-state index contributed by atoms with van der Waals surface area (Å²) in [7, 11) is 3.38. The van der Waals surface area contributed by atoms with Crippen LogP contribution in [0.1, 0.15) is 6.92 Å². The second kappa shape index (κ2) is 5.54. The number of methoxy groups -OCH3 is 2. The number of nitrogens with zero attached hydrogens (tertiary/aromatic N) is 1. The Morgan fingerprint density at radius 1 is 1.39 bits per heavy atom. The summed E-state index contributed by atoms with van der Waals surface area (Å²) in [5.74, 6) is 1.23. The lowest BCUT2D eigenvalue weighted by Crippen LogP contribution is -2.12. The molecule has 0 spiro atoms. The maximum Gasteiger partial charge on any atom is 0.178 e. The van der Waals surface area contributed by atoms with Crippen LogP contribution in [0.25, 0.3) is 11.0 Å². The number of H-pyrrole nitrogens is 1. The van der Waals surface area contributed by atoms with Crippen molar-refractivity contribution in [3.8, 4) is 5.75 Å². The van der Waals surface area contributed by atoms with Gasteiger partial charge in [0.1, 0.15) is 11.3 Å². The van der Waals surface area contributed by atoms with E-state index in [1.54, 1.807) is 14.2 Å². The second-order valence-corrected chi connectivity index (χ2v) is 4.84. The average molecular weight is 266 g/mol. The number of aromatic amines is 1. The van der Waals surface area contributed by atoms with Crippen LogP contribution in [0, 0.1) is 10.7 Å². The van der Waals surface area contributed by atoms with Gasteiger partial charge >= 0.3 is 0 Å². The van der Waals surface area contributed by atoms with Crippen molar-refractivity contribution >= 4 is 23.3 Å². The molecule has 1 atom stereocenters. The molecule has 1 heterocycles. The van der Waals surface area contributed by atoms with Crippen LogP contribution in [0.5, 0.6) is 5.75 Å². The first-order valence-electron chi connectivity index (χ1n) is 5.91. The van der Waals surface area contributed by atoms with E-state index >= 15 is 0 Å². The van der Waals surface area contributed by atoms with Crippen LogP contribution in [-0.4, -0.2) is 30.4 Å². The highest BCUT2D eigenvalue weighted by molar-refractivity contribution is 7.71. The lowest BCUT2D eigenvalue weighted by atomic mass is 10.2. The number of benzene rings is 1.